The highest BCUT2D eigenvalue weighted by Crippen LogP contribution is 2.30. The minimum absolute atomic E-state index is 0.298. The average molecular weight is 322 g/mol. The largest absolute Gasteiger partial charge is 0.444 e. The van der Waals surface area contributed by atoms with Crippen LogP contribution in [0.25, 0.3) is 0 Å². The molecule has 1 aromatic rings. The number of rotatable bonds is 1. The second-order valence-electron chi connectivity index (χ2n) is 6.40. The van der Waals surface area contributed by atoms with Crippen molar-refractivity contribution in [3.05, 3.63) is 28.8 Å². The van der Waals surface area contributed by atoms with Gasteiger partial charge >= 0.3 is 6.09 Å². The Morgan fingerprint density at radius 2 is 2.18 bits per heavy atom. The van der Waals surface area contributed by atoms with E-state index in [2.05, 4.69) is 0 Å². The molecule has 0 aromatic heterocycles. The molecule has 1 heterocycles. The van der Waals surface area contributed by atoms with Crippen LogP contribution in [0, 0.1) is 0 Å². The third-order valence-corrected chi connectivity index (χ3v) is 3.69. The maximum Gasteiger partial charge on any atom is 0.410 e. The Labute approximate surface area is 138 Å². The van der Waals surface area contributed by atoms with Gasteiger partial charge in [0.05, 0.1) is 12.6 Å². The van der Waals surface area contributed by atoms with Crippen LogP contribution in [0.15, 0.2) is 18.2 Å². The topological polar surface area (TPSA) is 38.8 Å². The van der Waals surface area contributed by atoms with Crippen LogP contribution in [-0.4, -0.2) is 44.2 Å². The molecule has 0 saturated carbocycles. The van der Waals surface area contributed by atoms with Crippen molar-refractivity contribution in [2.75, 3.05) is 19.8 Å². The van der Waals surface area contributed by atoms with Crippen molar-refractivity contribution in [3.8, 4) is 0 Å². The Hall–Kier alpha value is -1.20. The van der Waals surface area contributed by atoms with Gasteiger partial charge in [0.1, 0.15) is 13.4 Å². The summed E-state index contributed by atoms with van der Waals surface area (Å²) < 4.78 is 11.1. The molecule has 1 aromatic carbocycles. The van der Waals surface area contributed by atoms with Crippen molar-refractivity contribution >= 4 is 31.0 Å². The van der Waals surface area contributed by atoms with Crippen LogP contribution in [0.1, 0.15) is 38.8 Å². The molecule has 4 nitrogen and oxygen atoms in total. The second-order valence-corrected chi connectivity index (χ2v) is 6.81. The van der Waals surface area contributed by atoms with Crippen LogP contribution in [-0.2, 0) is 9.47 Å². The zero-order chi connectivity index (χ0) is 16.3. The lowest BCUT2D eigenvalue weighted by Gasteiger charge is -2.32. The predicted molar refractivity (Wildman–Crippen MR) is 88.0 cm³/mol. The number of carbonyl (C=O) groups is 1. The zero-order valence-corrected chi connectivity index (χ0v) is 14.0. The lowest BCUT2D eigenvalue weighted by atomic mass is 9.92. The summed E-state index contributed by atoms with van der Waals surface area (Å²) in [5, 5.41) is 0.568. The van der Waals surface area contributed by atoms with Crippen LogP contribution in [0.3, 0.4) is 0 Å². The van der Waals surface area contributed by atoms with E-state index in [1.165, 1.54) is 0 Å². The number of nitrogens with zero attached hydrogens (tertiary/aromatic N) is 1. The normalized spacial score (nSPS) is 19.6. The number of carbonyl (C=O) groups excluding carboxylic acids is 1. The Bertz CT molecular complexity index is 545. The smallest absolute Gasteiger partial charge is 0.410 e. The SMILES string of the molecule is [B]c1ccc(Cl)c(C2COCCCN2C(=O)OC(C)(C)C)c1. The summed E-state index contributed by atoms with van der Waals surface area (Å²) in [6.45, 7) is 7.09. The highest BCUT2D eigenvalue weighted by molar-refractivity contribution is 6.34. The number of hydrogen-bond acceptors (Lipinski definition) is 3. The van der Waals surface area contributed by atoms with Crippen LogP contribution >= 0.6 is 11.6 Å². The molecular weight excluding hydrogens is 300 g/mol. The molecule has 0 bridgehead atoms. The first-order chi connectivity index (χ1) is 10.3. The summed E-state index contributed by atoms with van der Waals surface area (Å²) in [5.74, 6) is 0. The van der Waals surface area contributed by atoms with E-state index in [1.807, 2.05) is 20.8 Å². The molecule has 2 rings (SSSR count). The van der Waals surface area contributed by atoms with E-state index < -0.39 is 5.60 Å². The fraction of sp³-hybridized carbons (Fsp3) is 0.562. The third kappa shape index (κ3) is 4.40. The van der Waals surface area contributed by atoms with E-state index in [4.69, 9.17) is 28.9 Å². The van der Waals surface area contributed by atoms with Gasteiger partial charge < -0.3 is 9.47 Å². The summed E-state index contributed by atoms with van der Waals surface area (Å²) in [6, 6.07) is 4.97. The van der Waals surface area contributed by atoms with Crippen LogP contribution < -0.4 is 5.46 Å². The molecular formula is C16H21BClNO3. The van der Waals surface area contributed by atoms with Crippen LogP contribution in [0.5, 0.6) is 0 Å². The quantitative estimate of drug-likeness (QED) is 0.747. The van der Waals surface area contributed by atoms with E-state index in [0.29, 0.717) is 30.2 Å². The fourth-order valence-electron chi connectivity index (χ4n) is 2.39. The van der Waals surface area contributed by atoms with Gasteiger partial charge in [-0.05, 0) is 38.8 Å². The van der Waals surface area contributed by atoms with Crippen molar-refractivity contribution in [1.82, 2.24) is 4.90 Å². The lowest BCUT2D eigenvalue weighted by molar-refractivity contribution is 0.0119. The molecule has 2 radical (unpaired) electrons. The third-order valence-electron chi connectivity index (χ3n) is 3.35. The van der Waals surface area contributed by atoms with E-state index in [9.17, 15) is 4.79 Å². The van der Waals surface area contributed by atoms with Gasteiger partial charge in [-0.2, -0.15) is 0 Å². The first-order valence-electron chi connectivity index (χ1n) is 7.40. The van der Waals surface area contributed by atoms with E-state index >= 15 is 0 Å². The molecule has 6 heteroatoms. The molecule has 1 aliphatic rings. The van der Waals surface area contributed by atoms with Gasteiger partial charge in [-0.1, -0.05) is 29.2 Å². The van der Waals surface area contributed by atoms with Crippen molar-refractivity contribution in [3.63, 3.8) is 0 Å². The van der Waals surface area contributed by atoms with Gasteiger partial charge in [0.2, 0.25) is 0 Å². The molecule has 1 amide bonds. The number of ether oxygens (including phenoxy) is 2. The maximum absolute atomic E-state index is 12.5. The monoisotopic (exact) mass is 321 g/mol. The van der Waals surface area contributed by atoms with Crippen LogP contribution in [0.2, 0.25) is 5.02 Å². The van der Waals surface area contributed by atoms with Crippen molar-refractivity contribution < 1.29 is 14.3 Å². The summed E-state index contributed by atoms with van der Waals surface area (Å²) >= 11 is 6.30. The molecule has 0 spiro atoms. The van der Waals surface area contributed by atoms with E-state index in [-0.39, 0.29) is 12.1 Å². The Morgan fingerprint density at radius 3 is 2.86 bits per heavy atom. The Morgan fingerprint density at radius 1 is 1.45 bits per heavy atom. The van der Waals surface area contributed by atoms with Gasteiger partial charge in [0.15, 0.2) is 0 Å². The molecule has 22 heavy (non-hydrogen) atoms. The predicted octanol–water partition coefficient (Wildman–Crippen LogP) is 2.83. The molecule has 0 aliphatic carbocycles. The molecule has 118 valence electrons. The summed E-state index contributed by atoms with van der Waals surface area (Å²) in [7, 11) is 5.86. The van der Waals surface area contributed by atoms with Gasteiger partial charge in [0, 0.05) is 18.2 Å². The van der Waals surface area contributed by atoms with Crippen LogP contribution in [0.4, 0.5) is 4.79 Å². The second kappa shape index (κ2) is 6.92. The fourth-order valence-corrected chi connectivity index (χ4v) is 2.64. The van der Waals surface area contributed by atoms with Crippen molar-refractivity contribution in [2.45, 2.75) is 38.8 Å². The van der Waals surface area contributed by atoms with Gasteiger partial charge in [0.25, 0.3) is 0 Å². The van der Waals surface area contributed by atoms with Gasteiger partial charge in [-0.25, -0.2) is 4.79 Å². The van der Waals surface area contributed by atoms with Crippen molar-refractivity contribution in [1.29, 1.82) is 0 Å². The first kappa shape index (κ1) is 17.2. The van der Waals surface area contributed by atoms with E-state index in [0.717, 1.165) is 12.0 Å². The minimum atomic E-state index is -0.547. The summed E-state index contributed by atoms with van der Waals surface area (Å²) in [5.41, 5.74) is 0.844. The van der Waals surface area contributed by atoms with Gasteiger partial charge in [-0.15, -0.1) is 0 Å². The molecule has 0 N–H and O–H groups in total. The Kier molecular flexibility index (Phi) is 5.40. The number of benzene rings is 1. The molecule has 1 aliphatic heterocycles. The van der Waals surface area contributed by atoms with Crippen molar-refractivity contribution in [2.24, 2.45) is 0 Å². The standard InChI is InChI=1S/C16H21BClNO3/c1-16(2,3)22-15(20)19-7-4-8-21-10-14(19)12-9-11(17)5-6-13(12)18/h5-6,9,14H,4,7-8,10H2,1-3H3. The average Bonchev–Trinajstić information content (AvgIpc) is 2.65. The minimum Gasteiger partial charge on any atom is -0.444 e. The molecule has 1 saturated heterocycles. The summed E-state index contributed by atoms with van der Waals surface area (Å²) in [6.07, 6.45) is 0.400. The highest BCUT2D eigenvalue weighted by Gasteiger charge is 2.32. The Balaban J connectivity index is 2.31. The number of hydrogen-bond donors (Lipinski definition) is 0. The number of amides is 1. The summed E-state index contributed by atoms with van der Waals surface area (Å²) in [4.78, 5) is 14.2. The first-order valence-corrected chi connectivity index (χ1v) is 7.78. The molecule has 1 fully saturated rings. The lowest BCUT2D eigenvalue weighted by Crippen LogP contribution is -2.40. The van der Waals surface area contributed by atoms with E-state index in [1.54, 1.807) is 23.1 Å². The highest BCUT2D eigenvalue weighted by atomic mass is 35.5. The zero-order valence-electron chi connectivity index (χ0n) is 13.3. The number of halogens is 1. The molecule has 1 atom stereocenters. The van der Waals surface area contributed by atoms with Gasteiger partial charge in [-0.3, -0.25) is 4.90 Å². The maximum atomic E-state index is 12.5. The molecule has 1 unspecified atom stereocenters.